The Morgan fingerprint density at radius 3 is 2.79 bits per heavy atom. The first-order valence-electron chi connectivity index (χ1n) is 4.59. The Kier molecular flexibility index (Phi) is 2.07. The summed E-state index contributed by atoms with van der Waals surface area (Å²) in [6.45, 7) is 4.21. The Labute approximate surface area is 87.5 Å². The van der Waals surface area contributed by atoms with E-state index in [9.17, 15) is 0 Å². The van der Waals surface area contributed by atoms with E-state index in [1.807, 2.05) is 18.2 Å². The van der Waals surface area contributed by atoms with Crippen molar-refractivity contribution >= 4 is 28.9 Å². The van der Waals surface area contributed by atoms with Crippen LogP contribution in [0.25, 0.3) is 11.0 Å². The number of nitrogens with two attached hydrogens (primary N) is 1. The van der Waals surface area contributed by atoms with Crippen molar-refractivity contribution in [3.63, 3.8) is 0 Å². The highest BCUT2D eigenvalue weighted by Crippen LogP contribution is 2.20. The van der Waals surface area contributed by atoms with E-state index < -0.39 is 0 Å². The first kappa shape index (κ1) is 9.27. The van der Waals surface area contributed by atoms with Crippen molar-refractivity contribution in [1.82, 2.24) is 9.55 Å². The number of hydrogen-bond donors (Lipinski definition) is 2. The average Bonchev–Trinajstić information content (AvgIpc) is 2.40. The van der Waals surface area contributed by atoms with Crippen molar-refractivity contribution in [3.05, 3.63) is 23.0 Å². The molecular formula is C10H13N3S. The molecule has 0 aliphatic carbocycles. The molecule has 0 spiro atoms. The van der Waals surface area contributed by atoms with Gasteiger partial charge in [-0.3, -0.25) is 0 Å². The highest BCUT2D eigenvalue weighted by atomic mass is 32.1. The van der Waals surface area contributed by atoms with Gasteiger partial charge >= 0.3 is 0 Å². The molecule has 0 bridgehead atoms. The third-order valence-electron chi connectivity index (χ3n) is 2.26. The van der Waals surface area contributed by atoms with Crippen molar-refractivity contribution < 1.29 is 0 Å². The molecule has 0 aliphatic heterocycles. The summed E-state index contributed by atoms with van der Waals surface area (Å²) in [7, 11) is 0. The lowest BCUT2D eigenvalue weighted by Gasteiger charge is -2.08. The number of rotatable bonds is 1. The molecule has 1 aromatic carbocycles. The second-order valence-corrected chi connectivity index (χ2v) is 4.06. The van der Waals surface area contributed by atoms with E-state index in [4.69, 9.17) is 18.0 Å². The van der Waals surface area contributed by atoms with Crippen molar-refractivity contribution in [2.24, 2.45) is 0 Å². The van der Waals surface area contributed by atoms with Gasteiger partial charge in [-0.1, -0.05) is 0 Å². The SMILES string of the molecule is CC(C)n1c(=S)[nH]c2ccc(N)cc21. The lowest BCUT2D eigenvalue weighted by Crippen LogP contribution is -2.00. The van der Waals surface area contributed by atoms with Crippen LogP contribution in [0.3, 0.4) is 0 Å². The zero-order valence-electron chi connectivity index (χ0n) is 8.24. The van der Waals surface area contributed by atoms with Gasteiger partial charge in [-0.05, 0) is 44.3 Å². The summed E-state index contributed by atoms with van der Waals surface area (Å²) < 4.78 is 2.82. The molecule has 14 heavy (non-hydrogen) atoms. The zero-order chi connectivity index (χ0) is 10.3. The minimum atomic E-state index is 0.345. The molecule has 0 radical (unpaired) electrons. The third kappa shape index (κ3) is 1.32. The Hall–Kier alpha value is -1.29. The Morgan fingerprint density at radius 2 is 2.14 bits per heavy atom. The normalized spacial score (nSPS) is 11.4. The number of aromatic amines is 1. The number of anilines is 1. The van der Waals surface area contributed by atoms with E-state index in [0.717, 1.165) is 21.5 Å². The smallest absolute Gasteiger partial charge is 0.178 e. The van der Waals surface area contributed by atoms with E-state index in [-0.39, 0.29) is 0 Å². The monoisotopic (exact) mass is 207 g/mol. The maximum atomic E-state index is 5.74. The van der Waals surface area contributed by atoms with Crippen molar-refractivity contribution in [3.8, 4) is 0 Å². The zero-order valence-corrected chi connectivity index (χ0v) is 9.06. The van der Waals surface area contributed by atoms with E-state index in [1.165, 1.54) is 0 Å². The van der Waals surface area contributed by atoms with Crippen molar-refractivity contribution in [1.29, 1.82) is 0 Å². The highest BCUT2D eigenvalue weighted by molar-refractivity contribution is 7.71. The molecule has 0 saturated heterocycles. The lowest BCUT2D eigenvalue weighted by molar-refractivity contribution is 0.610. The standard InChI is InChI=1S/C10H13N3S/c1-6(2)13-9-5-7(11)3-4-8(9)12-10(13)14/h3-6H,11H2,1-2H3,(H,12,14). The van der Waals surface area contributed by atoms with Crippen LogP contribution in [0.15, 0.2) is 18.2 Å². The van der Waals surface area contributed by atoms with Gasteiger partial charge in [0.15, 0.2) is 4.77 Å². The van der Waals surface area contributed by atoms with Crippen LogP contribution in [-0.4, -0.2) is 9.55 Å². The molecule has 1 aromatic heterocycles. The maximum absolute atomic E-state index is 5.74. The molecule has 3 N–H and O–H groups in total. The number of benzene rings is 1. The van der Waals surface area contributed by atoms with Crippen LogP contribution in [0.1, 0.15) is 19.9 Å². The van der Waals surface area contributed by atoms with Crippen LogP contribution in [0.5, 0.6) is 0 Å². The summed E-state index contributed by atoms with van der Waals surface area (Å²) >= 11 is 5.24. The second-order valence-electron chi connectivity index (χ2n) is 3.67. The molecule has 0 saturated carbocycles. The Morgan fingerprint density at radius 1 is 1.43 bits per heavy atom. The quantitative estimate of drug-likeness (QED) is 0.558. The molecular weight excluding hydrogens is 194 g/mol. The summed E-state index contributed by atoms with van der Waals surface area (Å²) in [6, 6.07) is 6.12. The van der Waals surface area contributed by atoms with Gasteiger partial charge in [0.1, 0.15) is 0 Å². The van der Waals surface area contributed by atoms with Crippen LogP contribution < -0.4 is 5.73 Å². The van der Waals surface area contributed by atoms with Gasteiger partial charge in [-0.25, -0.2) is 0 Å². The molecule has 1 heterocycles. The summed E-state index contributed by atoms with van der Waals surface area (Å²) in [6.07, 6.45) is 0. The van der Waals surface area contributed by atoms with Gasteiger partial charge in [-0.15, -0.1) is 0 Å². The van der Waals surface area contributed by atoms with E-state index in [0.29, 0.717) is 6.04 Å². The molecule has 0 atom stereocenters. The maximum Gasteiger partial charge on any atom is 0.178 e. The van der Waals surface area contributed by atoms with Gasteiger partial charge in [-0.2, -0.15) is 0 Å². The van der Waals surface area contributed by atoms with Crippen molar-refractivity contribution in [2.75, 3.05) is 5.73 Å². The second kappa shape index (κ2) is 3.13. The molecule has 4 heteroatoms. The molecule has 0 aliphatic rings. The lowest BCUT2D eigenvalue weighted by atomic mass is 10.2. The summed E-state index contributed by atoms with van der Waals surface area (Å²) in [5.41, 5.74) is 8.62. The van der Waals surface area contributed by atoms with Crippen molar-refractivity contribution in [2.45, 2.75) is 19.9 Å². The number of nitrogens with zero attached hydrogens (tertiary/aromatic N) is 1. The van der Waals surface area contributed by atoms with Crippen LogP contribution in [0, 0.1) is 4.77 Å². The number of H-pyrrole nitrogens is 1. The van der Waals surface area contributed by atoms with Crippen LogP contribution in [0.2, 0.25) is 0 Å². The van der Waals surface area contributed by atoms with E-state index >= 15 is 0 Å². The fourth-order valence-electron chi connectivity index (χ4n) is 1.65. The van der Waals surface area contributed by atoms with Crippen LogP contribution in [-0.2, 0) is 0 Å². The van der Waals surface area contributed by atoms with E-state index in [2.05, 4.69) is 23.4 Å². The predicted molar refractivity (Wildman–Crippen MR) is 61.9 cm³/mol. The molecule has 2 rings (SSSR count). The Bertz CT molecular complexity index is 522. The molecule has 74 valence electrons. The Balaban J connectivity index is 2.86. The number of nitrogens with one attached hydrogen (secondary N) is 1. The van der Waals surface area contributed by atoms with Gasteiger partial charge in [0.2, 0.25) is 0 Å². The highest BCUT2D eigenvalue weighted by Gasteiger charge is 2.06. The van der Waals surface area contributed by atoms with Gasteiger partial charge in [0.05, 0.1) is 11.0 Å². The number of fused-ring (bicyclic) bond motifs is 1. The molecule has 0 fully saturated rings. The minimum absolute atomic E-state index is 0.345. The molecule has 0 unspecified atom stereocenters. The van der Waals surface area contributed by atoms with Gasteiger partial charge in [0.25, 0.3) is 0 Å². The number of imidazole rings is 1. The average molecular weight is 207 g/mol. The topological polar surface area (TPSA) is 46.7 Å². The molecule has 2 aromatic rings. The molecule has 3 nitrogen and oxygen atoms in total. The fourth-order valence-corrected chi connectivity index (χ4v) is 2.07. The summed E-state index contributed by atoms with van der Waals surface area (Å²) in [4.78, 5) is 3.16. The number of nitrogen functional groups attached to an aromatic ring is 1. The minimum Gasteiger partial charge on any atom is -0.399 e. The van der Waals surface area contributed by atoms with Gasteiger partial charge < -0.3 is 15.3 Å². The third-order valence-corrected chi connectivity index (χ3v) is 2.56. The predicted octanol–water partition coefficient (Wildman–Crippen LogP) is 2.86. The van der Waals surface area contributed by atoms with Crippen LogP contribution in [0.4, 0.5) is 5.69 Å². The first-order valence-corrected chi connectivity index (χ1v) is 5.00. The van der Waals surface area contributed by atoms with Gasteiger partial charge in [0, 0.05) is 11.7 Å². The fraction of sp³-hybridized carbons (Fsp3) is 0.300. The summed E-state index contributed by atoms with van der Waals surface area (Å²) in [5.74, 6) is 0. The summed E-state index contributed by atoms with van der Waals surface area (Å²) in [5, 5.41) is 0. The first-order chi connectivity index (χ1) is 6.59. The largest absolute Gasteiger partial charge is 0.399 e. The van der Waals surface area contributed by atoms with Crippen LogP contribution >= 0.6 is 12.2 Å². The molecule has 0 amide bonds. The number of aromatic nitrogens is 2. The van der Waals surface area contributed by atoms with E-state index in [1.54, 1.807) is 0 Å². The number of hydrogen-bond acceptors (Lipinski definition) is 2.